The van der Waals surface area contributed by atoms with Crippen LogP contribution in [0.4, 0.5) is 0 Å². The Morgan fingerprint density at radius 1 is 1.06 bits per heavy atom. The van der Waals surface area contributed by atoms with Crippen LogP contribution in [0.3, 0.4) is 0 Å². The predicted molar refractivity (Wildman–Crippen MR) is 73.1 cm³/mol. The molecule has 0 fully saturated rings. The third-order valence-corrected chi connectivity index (χ3v) is 3.64. The van der Waals surface area contributed by atoms with E-state index in [2.05, 4.69) is 13.8 Å². The van der Waals surface area contributed by atoms with Crippen LogP contribution in [0.1, 0.15) is 79.1 Å². The van der Waals surface area contributed by atoms with Crippen LogP contribution in [0.2, 0.25) is 0 Å². The topological polar surface area (TPSA) is 37.3 Å². The molecule has 0 aromatic rings. The number of aliphatic hydroxyl groups is 1. The second-order valence-electron chi connectivity index (χ2n) is 5.52. The van der Waals surface area contributed by atoms with Crippen LogP contribution in [0, 0.1) is 5.41 Å². The largest absolute Gasteiger partial charge is 0.386 e. The van der Waals surface area contributed by atoms with E-state index in [0.29, 0.717) is 0 Å². The van der Waals surface area contributed by atoms with Gasteiger partial charge in [-0.25, -0.2) is 0 Å². The average molecular weight is 242 g/mol. The summed E-state index contributed by atoms with van der Waals surface area (Å²) >= 11 is 0. The highest BCUT2D eigenvalue weighted by Crippen LogP contribution is 2.33. The van der Waals surface area contributed by atoms with Crippen molar-refractivity contribution in [3.05, 3.63) is 0 Å². The smallest absolute Gasteiger partial charge is 0.166 e. The van der Waals surface area contributed by atoms with Crippen LogP contribution < -0.4 is 0 Å². The fraction of sp³-hybridized carbons (Fsp3) is 0.933. The normalized spacial score (nSPS) is 13.7. The molecule has 0 aliphatic carbocycles. The van der Waals surface area contributed by atoms with Crippen molar-refractivity contribution < 1.29 is 9.90 Å². The summed E-state index contributed by atoms with van der Waals surface area (Å²) in [5.41, 5.74) is -0.307. The van der Waals surface area contributed by atoms with Crippen LogP contribution in [0.5, 0.6) is 0 Å². The van der Waals surface area contributed by atoms with Crippen molar-refractivity contribution >= 4 is 5.78 Å². The van der Waals surface area contributed by atoms with Crippen LogP contribution in [0.25, 0.3) is 0 Å². The maximum absolute atomic E-state index is 12.1. The Hall–Kier alpha value is -0.370. The van der Waals surface area contributed by atoms with Crippen molar-refractivity contribution in [2.75, 3.05) is 0 Å². The summed E-state index contributed by atoms with van der Waals surface area (Å²) in [5, 5.41) is 9.52. The Bertz CT molecular complexity index is 199. The molecule has 0 saturated carbocycles. The number of carbonyl (C=O) groups excluding carboxylic acids is 1. The Morgan fingerprint density at radius 2 is 1.47 bits per heavy atom. The van der Waals surface area contributed by atoms with Crippen LogP contribution in [-0.2, 0) is 4.79 Å². The molecule has 0 rings (SSSR count). The van der Waals surface area contributed by atoms with Gasteiger partial charge in [-0.05, 0) is 19.8 Å². The Balaban J connectivity index is 4.39. The maximum atomic E-state index is 12.1. The zero-order valence-corrected chi connectivity index (χ0v) is 12.1. The first-order chi connectivity index (χ1) is 7.98. The van der Waals surface area contributed by atoms with E-state index < -0.39 is 6.10 Å². The molecule has 0 aliphatic heterocycles. The van der Waals surface area contributed by atoms with Crippen LogP contribution in [-0.4, -0.2) is 17.0 Å². The van der Waals surface area contributed by atoms with Gasteiger partial charge in [0, 0.05) is 5.41 Å². The first kappa shape index (κ1) is 16.6. The van der Waals surface area contributed by atoms with Crippen molar-refractivity contribution in [2.45, 2.75) is 85.2 Å². The molecule has 1 N–H and O–H groups in total. The summed E-state index contributed by atoms with van der Waals surface area (Å²) in [4.78, 5) is 12.1. The quantitative estimate of drug-likeness (QED) is 0.585. The van der Waals surface area contributed by atoms with Crippen molar-refractivity contribution in [1.29, 1.82) is 0 Å². The third kappa shape index (κ3) is 6.21. The van der Waals surface area contributed by atoms with E-state index >= 15 is 0 Å². The van der Waals surface area contributed by atoms with E-state index in [4.69, 9.17) is 0 Å². The summed E-state index contributed by atoms with van der Waals surface area (Å²) in [6.07, 6.45) is 7.93. The lowest BCUT2D eigenvalue weighted by Crippen LogP contribution is -2.35. The van der Waals surface area contributed by atoms with Gasteiger partial charge < -0.3 is 5.11 Å². The molecule has 0 radical (unpaired) electrons. The number of rotatable bonds is 10. The van der Waals surface area contributed by atoms with Gasteiger partial charge in [-0.15, -0.1) is 0 Å². The summed E-state index contributed by atoms with van der Waals surface area (Å²) < 4.78 is 0. The van der Waals surface area contributed by atoms with Gasteiger partial charge in [0.25, 0.3) is 0 Å². The van der Waals surface area contributed by atoms with Gasteiger partial charge in [-0.1, -0.05) is 59.3 Å². The predicted octanol–water partition coefficient (Wildman–Crippen LogP) is 4.10. The van der Waals surface area contributed by atoms with Gasteiger partial charge in [-0.2, -0.15) is 0 Å². The summed E-state index contributed by atoms with van der Waals surface area (Å²) in [6, 6.07) is 0. The molecule has 2 heteroatoms. The molecule has 102 valence electrons. The lowest BCUT2D eigenvalue weighted by Gasteiger charge is -2.29. The second-order valence-corrected chi connectivity index (χ2v) is 5.52. The Kier molecular flexibility index (Phi) is 8.49. The molecule has 1 unspecified atom stereocenters. The molecule has 0 amide bonds. The van der Waals surface area contributed by atoms with Gasteiger partial charge >= 0.3 is 0 Å². The summed E-state index contributed by atoms with van der Waals surface area (Å²) in [6.45, 7) is 7.98. The zero-order valence-electron chi connectivity index (χ0n) is 12.1. The SMILES string of the molecule is CCCCCC(C)(CCCCC)C(=O)C(C)O. The lowest BCUT2D eigenvalue weighted by atomic mass is 9.75. The second kappa shape index (κ2) is 8.68. The number of ketones is 1. The van der Waals surface area contributed by atoms with Crippen LogP contribution >= 0.6 is 0 Å². The Morgan fingerprint density at radius 3 is 1.76 bits per heavy atom. The minimum atomic E-state index is -0.816. The van der Waals surface area contributed by atoms with Crippen molar-refractivity contribution in [3.8, 4) is 0 Å². The fourth-order valence-electron chi connectivity index (χ4n) is 2.41. The van der Waals surface area contributed by atoms with E-state index in [-0.39, 0.29) is 11.2 Å². The molecule has 0 aromatic carbocycles. The number of hydrogen-bond donors (Lipinski definition) is 1. The van der Waals surface area contributed by atoms with Gasteiger partial charge in [0.1, 0.15) is 6.10 Å². The highest BCUT2D eigenvalue weighted by atomic mass is 16.3. The molecular weight excluding hydrogens is 212 g/mol. The molecule has 2 nitrogen and oxygen atoms in total. The minimum Gasteiger partial charge on any atom is -0.386 e. The standard InChI is InChI=1S/C15H30O2/c1-5-7-9-11-15(4,12-10-8-6-2)14(17)13(3)16/h13,16H,5-12H2,1-4H3. The molecule has 0 saturated heterocycles. The van der Waals surface area contributed by atoms with Gasteiger partial charge in [0.05, 0.1) is 0 Å². The number of unbranched alkanes of at least 4 members (excludes halogenated alkanes) is 4. The number of Topliss-reactive ketones (excluding diaryl/α,β-unsaturated/α-hetero) is 1. The first-order valence-corrected chi connectivity index (χ1v) is 7.20. The molecule has 0 bridgehead atoms. The summed E-state index contributed by atoms with van der Waals surface area (Å²) in [7, 11) is 0. The molecule has 0 aromatic heterocycles. The Labute approximate surface area is 107 Å². The maximum Gasteiger partial charge on any atom is 0.166 e. The van der Waals surface area contributed by atoms with Gasteiger partial charge in [0.15, 0.2) is 5.78 Å². The molecule has 0 spiro atoms. The van der Waals surface area contributed by atoms with Crippen molar-refractivity contribution in [3.63, 3.8) is 0 Å². The summed E-state index contributed by atoms with van der Waals surface area (Å²) in [5.74, 6) is 0.0321. The molecule has 1 atom stereocenters. The number of carbonyl (C=O) groups is 1. The molecule has 17 heavy (non-hydrogen) atoms. The van der Waals surface area contributed by atoms with E-state index in [1.807, 2.05) is 6.92 Å². The number of aliphatic hydroxyl groups excluding tert-OH is 1. The molecule has 0 heterocycles. The highest BCUT2D eigenvalue weighted by molar-refractivity contribution is 5.87. The van der Waals surface area contributed by atoms with Crippen molar-refractivity contribution in [2.24, 2.45) is 5.41 Å². The van der Waals surface area contributed by atoms with E-state index in [1.165, 1.54) is 25.7 Å². The molecule has 0 aliphatic rings. The highest BCUT2D eigenvalue weighted by Gasteiger charge is 2.34. The zero-order chi connectivity index (χ0) is 13.3. The first-order valence-electron chi connectivity index (χ1n) is 7.20. The lowest BCUT2D eigenvalue weighted by molar-refractivity contribution is -0.136. The van der Waals surface area contributed by atoms with E-state index in [0.717, 1.165) is 25.7 Å². The minimum absolute atomic E-state index is 0.0321. The van der Waals surface area contributed by atoms with E-state index in [1.54, 1.807) is 6.92 Å². The number of hydrogen-bond acceptors (Lipinski definition) is 2. The monoisotopic (exact) mass is 242 g/mol. The van der Waals surface area contributed by atoms with Crippen LogP contribution in [0.15, 0.2) is 0 Å². The molecular formula is C15H30O2. The average Bonchev–Trinajstić information content (AvgIpc) is 2.28. The van der Waals surface area contributed by atoms with E-state index in [9.17, 15) is 9.90 Å². The van der Waals surface area contributed by atoms with Gasteiger partial charge in [-0.3, -0.25) is 4.79 Å². The van der Waals surface area contributed by atoms with Crippen molar-refractivity contribution in [1.82, 2.24) is 0 Å². The fourth-order valence-corrected chi connectivity index (χ4v) is 2.41. The van der Waals surface area contributed by atoms with Gasteiger partial charge in [0.2, 0.25) is 0 Å². The third-order valence-electron chi connectivity index (χ3n) is 3.64.